The number of aliphatic hydroxyl groups is 5. The molecule has 16 nitrogen and oxygen atoms in total. The van der Waals surface area contributed by atoms with Crippen LogP contribution >= 0.6 is 0 Å². The molecule has 0 aromatic carbocycles. The number of likely N-dealkylation sites (N-methyl/N-ethyl adjacent to an activating group) is 1. The van der Waals surface area contributed by atoms with E-state index in [1.807, 2.05) is 0 Å². The summed E-state index contributed by atoms with van der Waals surface area (Å²) in [6, 6.07) is 4.05. The predicted molar refractivity (Wildman–Crippen MR) is 240 cm³/mol. The molecule has 0 spiro atoms. The monoisotopic (exact) mass is 898 g/mol. The van der Waals surface area contributed by atoms with Gasteiger partial charge in [0.05, 0.1) is 53.8 Å². The third-order valence-electron chi connectivity index (χ3n) is 15.1. The lowest BCUT2D eigenvalue weighted by Crippen LogP contribution is -2.44. The van der Waals surface area contributed by atoms with E-state index in [0.29, 0.717) is 24.3 Å². The van der Waals surface area contributed by atoms with Crippen molar-refractivity contribution in [3.63, 3.8) is 0 Å². The molecule has 13 atom stereocenters. The Morgan fingerprint density at radius 1 is 0.908 bits per heavy atom. The number of hydrogen-bond donors (Lipinski definition) is 6. The fraction of sp³-hybridized carbons (Fsp3) is 0.551. The molecule has 0 radical (unpaired) electrons. The Morgan fingerprint density at radius 2 is 1.60 bits per heavy atom. The number of nitrogens with one attached hydrogen (secondary N) is 1. The van der Waals surface area contributed by atoms with E-state index in [0.717, 1.165) is 25.8 Å². The van der Waals surface area contributed by atoms with Crippen molar-refractivity contribution < 1.29 is 53.7 Å². The van der Waals surface area contributed by atoms with E-state index in [-0.39, 0.29) is 51.1 Å². The van der Waals surface area contributed by atoms with Crippen LogP contribution < -0.4 is 15.6 Å². The van der Waals surface area contributed by atoms with E-state index in [9.17, 15) is 39.9 Å². The van der Waals surface area contributed by atoms with Gasteiger partial charge in [0.15, 0.2) is 28.8 Å². The molecule has 0 aromatic heterocycles. The highest BCUT2D eigenvalue weighted by atomic mass is 16.7. The number of ether oxygens (including phenoxy) is 3. The Hall–Kier alpha value is -5.26. The molecule has 350 valence electrons. The maximum absolute atomic E-state index is 14.5. The van der Waals surface area contributed by atoms with Crippen molar-refractivity contribution in [2.75, 3.05) is 32.1 Å². The molecule has 8 aliphatic rings. The normalized spacial score (nSPS) is 37.9. The van der Waals surface area contributed by atoms with E-state index in [1.165, 1.54) is 45.4 Å². The Balaban J connectivity index is 1.28. The van der Waals surface area contributed by atoms with Gasteiger partial charge in [0, 0.05) is 91.8 Å². The number of rotatable bonds is 2. The number of carbonyl (C=O) groups is 2. The first-order valence-electron chi connectivity index (χ1n) is 22.6. The number of aromatic nitrogens is 1. The molecule has 3 aliphatic carbocycles. The van der Waals surface area contributed by atoms with Gasteiger partial charge in [0.2, 0.25) is 5.43 Å². The maximum Gasteiger partial charge on any atom is 0.306 e. The van der Waals surface area contributed by atoms with Crippen molar-refractivity contribution in [1.82, 2.24) is 15.2 Å². The summed E-state index contributed by atoms with van der Waals surface area (Å²) in [6.45, 7) is 12.8. The minimum absolute atomic E-state index is 0.00364. The first-order valence-corrected chi connectivity index (χ1v) is 22.6. The fourth-order valence-electron chi connectivity index (χ4n) is 10.7. The Morgan fingerprint density at radius 3 is 2.32 bits per heavy atom. The van der Waals surface area contributed by atoms with Crippen LogP contribution in [0.3, 0.4) is 0 Å². The third-order valence-corrected chi connectivity index (χ3v) is 15.1. The minimum Gasteiger partial charge on any atom is -0.509 e. The first-order chi connectivity index (χ1) is 30.8. The van der Waals surface area contributed by atoms with Gasteiger partial charge in [-0.25, -0.2) is 4.98 Å². The molecular formula is C49H62N4O12. The van der Waals surface area contributed by atoms with Crippen LogP contribution in [0.1, 0.15) is 85.1 Å². The molecule has 4 unspecified atom stereocenters. The highest BCUT2D eigenvalue weighted by Gasteiger charge is 2.58. The van der Waals surface area contributed by atoms with Gasteiger partial charge in [0.25, 0.3) is 5.91 Å². The SMILES string of the molecule is CO[C@H]1/C=C/O[C@@]2(C)OC3=C(C)C(=O)C4C(O)=C(NC(=O)/C(C)=C\C=C\[C@H](C)[C@H](O)[C@@H](C)[C@@H](O)[C@@H](C)[C@H](O)[C@@H]1C)c1oc5cc(N6CCC7CCC(C6)N7C)cc(=O)c-5nc1C4C3=C2O. The van der Waals surface area contributed by atoms with Crippen LogP contribution in [-0.4, -0.2) is 117 Å². The molecule has 5 aliphatic heterocycles. The van der Waals surface area contributed by atoms with Crippen LogP contribution in [0.5, 0.6) is 0 Å². The van der Waals surface area contributed by atoms with Gasteiger partial charge in [-0.3, -0.25) is 19.3 Å². The molecule has 1 amide bonds. The lowest BCUT2D eigenvalue weighted by atomic mass is 9.69. The number of carbonyl (C=O) groups excluding carboxylic acids is 2. The second-order valence-electron chi connectivity index (χ2n) is 19.1. The van der Waals surface area contributed by atoms with E-state index < -0.39 is 94.3 Å². The molecule has 8 rings (SSSR count). The number of benzene rings is 1. The number of hydrogen-bond acceptors (Lipinski definition) is 15. The average Bonchev–Trinajstić information content (AvgIpc) is 3.70. The zero-order chi connectivity index (χ0) is 47.0. The quantitative estimate of drug-likeness (QED) is 0.234. The summed E-state index contributed by atoms with van der Waals surface area (Å²) < 4.78 is 24.7. The first kappa shape index (κ1) is 46.3. The van der Waals surface area contributed by atoms with Crippen LogP contribution in [0.2, 0.25) is 0 Å². The summed E-state index contributed by atoms with van der Waals surface area (Å²) in [4.78, 5) is 52.1. The zero-order valence-electron chi connectivity index (χ0n) is 38.4. The molecule has 6 N–H and O–H groups in total. The number of aliphatic hydroxyl groups excluding tert-OH is 5. The van der Waals surface area contributed by atoms with E-state index in [4.69, 9.17) is 23.6 Å². The van der Waals surface area contributed by atoms with Crippen molar-refractivity contribution >= 4 is 23.1 Å². The fourth-order valence-corrected chi connectivity index (χ4v) is 10.7. The Bertz CT molecular complexity index is 2470. The second-order valence-corrected chi connectivity index (χ2v) is 19.1. The number of ketones is 1. The lowest BCUT2D eigenvalue weighted by molar-refractivity contribution is -0.146. The smallest absolute Gasteiger partial charge is 0.306 e. The van der Waals surface area contributed by atoms with Crippen LogP contribution in [0, 0.1) is 29.6 Å². The van der Waals surface area contributed by atoms with E-state index in [2.05, 4.69) is 22.2 Å². The highest BCUT2D eigenvalue weighted by Crippen LogP contribution is 2.56. The number of amides is 1. The molecule has 0 aromatic rings. The number of nitrogens with zero attached hydrogens (tertiary/aromatic N) is 3. The zero-order valence-corrected chi connectivity index (χ0v) is 38.4. The molecule has 2 saturated heterocycles. The van der Waals surface area contributed by atoms with Gasteiger partial charge in [-0.2, -0.15) is 0 Å². The van der Waals surface area contributed by atoms with Gasteiger partial charge < -0.3 is 54.4 Å². The molecule has 6 bridgehead atoms. The van der Waals surface area contributed by atoms with Crippen LogP contribution in [0.25, 0.3) is 17.2 Å². The topological polar surface area (TPSA) is 225 Å². The summed E-state index contributed by atoms with van der Waals surface area (Å²) in [5, 5.41) is 61.3. The van der Waals surface area contributed by atoms with Gasteiger partial charge in [0.1, 0.15) is 17.2 Å². The van der Waals surface area contributed by atoms with Crippen molar-refractivity contribution in [3.05, 3.63) is 98.4 Å². The summed E-state index contributed by atoms with van der Waals surface area (Å²) in [7, 11) is 3.59. The average molecular weight is 899 g/mol. The summed E-state index contributed by atoms with van der Waals surface area (Å²) in [5.41, 5.74) is 0.264. The number of Topliss-reactive ketones (excluding diaryl/α,β-unsaturated/α-hetero) is 1. The number of allylic oxidation sites excluding steroid dienone is 5. The maximum atomic E-state index is 14.5. The summed E-state index contributed by atoms with van der Waals surface area (Å²) in [6.07, 6.45) is 6.72. The van der Waals surface area contributed by atoms with Crippen molar-refractivity contribution in [2.45, 2.75) is 116 Å². The number of methoxy groups -OCH3 is 1. The van der Waals surface area contributed by atoms with Gasteiger partial charge in [-0.15, -0.1) is 0 Å². The van der Waals surface area contributed by atoms with Gasteiger partial charge in [-0.05, 0) is 46.2 Å². The second kappa shape index (κ2) is 17.5. The number of anilines is 1. The Kier molecular flexibility index (Phi) is 12.5. The highest BCUT2D eigenvalue weighted by molar-refractivity contribution is 6.05. The van der Waals surface area contributed by atoms with Gasteiger partial charge >= 0.3 is 5.79 Å². The summed E-state index contributed by atoms with van der Waals surface area (Å²) >= 11 is 0. The van der Waals surface area contributed by atoms with Crippen molar-refractivity contribution in [1.29, 1.82) is 0 Å². The Labute approximate surface area is 378 Å². The van der Waals surface area contributed by atoms with Crippen LogP contribution in [0.15, 0.2) is 85.9 Å². The third kappa shape index (κ3) is 7.90. The van der Waals surface area contributed by atoms with Gasteiger partial charge in [-0.1, -0.05) is 45.9 Å². The standard InChI is InChI=1S/C49H62N4O12/c1-22-11-10-12-23(2)48(61)51-39-44(59)35-34(38-46(39)64-33-20-30(19-31(54)37(33)50-38)53-17-15-28-13-14-29(21-53)52(28)8)36-45(27(6)43(35)58)65-49(7,47(36)60)63-18-16-32(62-9)24(3)41(56)26(5)42(57)25(4)40(22)55/h10-12,16,18-20,22,24-26,28-29,32,34-35,40-42,55-57,59-60H,13-15,17,21H2,1-9H3,(H,51,61)/b11-10+,18-16+,23-12-/t22-,24+,25+,26-,28?,29?,32-,34?,35?,40-,41+,42+,49-/m0/s1. The van der Waals surface area contributed by atoms with E-state index in [1.54, 1.807) is 52.8 Å². The molecule has 5 heterocycles. The number of fused-ring (bicyclic) bond motifs is 4. The van der Waals surface area contributed by atoms with Crippen LogP contribution in [0.4, 0.5) is 5.69 Å². The molecule has 16 heteroatoms. The predicted octanol–water partition coefficient (Wildman–Crippen LogP) is 4.97. The van der Waals surface area contributed by atoms with Crippen LogP contribution in [-0.2, 0) is 23.8 Å². The molecule has 65 heavy (non-hydrogen) atoms. The minimum atomic E-state index is -1.92. The lowest BCUT2D eigenvalue weighted by Gasteiger charge is -2.36. The van der Waals surface area contributed by atoms with E-state index >= 15 is 0 Å². The molecule has 0 saturated carbocycles. The molecule has 2 fully saturated rings. The molecular weight excluding hydrogens is 837 g/mol. The largest absolute Gasteiger partial charge is 0.509 e. The van der Waals surface area contributed by atoms with Crippen molar-refractivity contribution in [2.24, 2.45) is 29.6 Å². The summed E-state index contributed by atoms with van der Waals surface area (Å²) in [5.74, 6) is -9.32. The van der Waals surface area contributed by atoms with Crippen molar-refractivity contribution in [3.8, 4) is 11.5 Å².